The Labute approximate surface area is 93.0 Å². The van der Waals surface area contributed by atoms with Crippen molar-refractivity contribution in [2.75, 3.05) is 19.7 Å². The predicted molar refractivity (Wildman–Crippen MR) is 61.8 cm³/mol. The number of hydrogen-bond acceptors (Lipinski definition) is 3. The van der Waals surface area contributed by atoms with E-state index >= 15 is 0 Å². The molecule has 2 N–H and O–H groups in total. The Morgan fingerprint density at radius 1 is 1.47 bits per heavy atom. The molecule has 0 bridgehead atoms. The average molecular weight is 212 g/mol. The molecular weight excluding hydrogens is 188 g/mol. The second-order valence-corrected chi connectivity index (χ2v) is 5.46. The van der Waals surface area contributed by atoms with Gasteiger partial charge < -0.3 is 10.5 Å². The van der Waals surface area contributed by atoms with E-state index in [0.29, 0.717) is 12.0 Å². The second kappa shape index (κ2) is 4.81. The van der Waals surface area contributed by atoms with Gasteiger partial charge in [0, 0.05) is 18.6 Å². The molecule has 2 saturated heterocycles. The van der Waals surface area contributed by atoms with Gasteiger partial charge >= 0.3 is 0 Å². The van der Waals surface area contributed by atoms with E-state index in [4.69, 9.17) is 10.5 Å². The van der Waals surface area contributed by atoms with E-state index in [9.17, 15) is 0 Å². The molecule has 88 valence electrons. The summed E-state index contributed by atoms with van der Waals surface area (Å²) in [7, 11) is 0. The maximum Gasteiger partial charge on any atom is 0.0853 e. The zero-order valence-corrected chi connectivity index (χ0v) is 9.98. The van der Waals surface area contributed by atoms with Gasteiger partial charge in [-0.3, -0.25) is 4.90 Å². The summed E-state index contributed by atoms with van der Waals surface area (Å²) in [6, 6.07) is 0.902. The Morgan fingerprint density at radius 3 is 3.00 bits per heavy atom. The van der Waals surface area contributed by atoms with Crippen LogP contribution < -0.4 is 5.73 Å². The molecule has 2 aliphatic rings. The summed E-state index contributed by atoms with van der Waals surface area (Å²) >= 11 is 0. The first-order chi connectivity index (χ1) is 7.16. The van der Waals surface area contributed by atoms with Crippen LogP contribution in [0.5, 0.6) is 0 Å². The zero-order chi connectivity index (χ0) is 10.8. The summed E-state index contributed by atoms with van der Waals surface area (Å²) in [4.78, 5) is 2.56. The van der Waals surface area contributed by atoms with Crippen molar-refractivity contribution in [3.63, 3.8) is 0 Å². The van der Waals surface area contributed by atoms with Crippen molar-refractivity contribution in [1.29, 1.82) is 0 Å². The molecule has 3 nitrogen and oxygen atoms in total. The summed E-state index contributed by atoms with van der Waals surface area (Å²) in [6.07, 6.45) is 3.98. The van der Waals surface area contributed by atoms with E-state index in [1.54, 1.807) is 0 Å². The third kappa shape index (κ3) is 2.71. The van der Waals surface area contributed by atoms with Crippen LogP contribution in [-0.4, -0.2) is 42.8 Å². The van der Waals surface area contributed by atoms with Gasteiger partial charge in [0.1, 0.15) is 0 Å². The molecule has 2 aliphatic heterocycles. The topological polar surface area (TPSA) is 38.5 Å². The number of nitrogens with two attached hydrogens (primary N) is 1. The number of rotatable bonds is 3. The van der Waals surface area contributed by atoms with Crippen LogP contribution in [0.4, 0.5) is 0 Å². The van der Waals surface area contributed by atoms with Crippen LogP contribution in [0.1, 0.15) is 33.1 Å². The standard InChI is InChI=1S/C12H24N2O/c1-9(2)6-11(13)12-7-14-5-3-4-10(14)8-15-12/h9-12H,3-8,13H2,1-2H3. The fourth-order valence-electron chi connectivity index (χ4n) is 2.80. The van der Waals surface area contributed by atoms with Crippen molar-refractivity contribution in [1.82, 2.24) is 4.90 Å². The van der Waals surface area contributed by atoms with Crippen molar-refractivity contribution in [2.45, 2.75) is 51.3 Å². The van der Waals surface area contributed by atoms with Gasteiger partial charge in [-0.15, -0.1) is 0 Å². The molecule has 0 amide bonds. The molecular formula is C12H24N2O. The van der Waals surface area contributed by atoms with Crippen molar-refractivity contribution in [2.24, 2.45) is 11.7 Å². The monoisotopic (exact) mass is 212 g/mol. The summed E-state index contributed by atoms with van der Waals surface area (Å²) in [5, 5.41) is 0. The van der Waals surface area contributed by atoms with Crippen LogP contribution >= 0.6 is 0 Å². The highest BCUT2D eigenvalue weighted by molar-refractivity contribution is 4.89. The Hall–Kier alpha value is -0.120. The third-order valence-corrected chi connectivity index (χ3v) is 3.64. The van der Waals surface area contributed by atoms with Crippen LogP contribution in [0.2, 0.25) is 0 Å². The van der Waals surface area contributed by atoms with Crippen LogP contribution in [0.3, 0.4) is 0 Å². The number of fused-ring (bicyclic) bond motifs is 1. The molecule has 0 radical (unpaired) electrons. The minimum atomic E-state index is 0.214. The fourth-order valence-corrected chi connectivity index (χ4v) is 2.80. The minimum absolute atomic E-state index is 0.214. The highest BCUT2D eigenvalue weighted by Crippen LogP contribution is 2.24. The quantitative estimate of drug-likeness (QED) is 0.764. The first kappa shape index (κ1) is 11.4. The Morgan fingerprint density at radius 2 is 2.27 bits per heavy atom. The number of morpholine rings is 1. The fraction of sp³-hybridized carbons (Fsp3) is 1.00. The second-order valence-electron chi connectivity index (χ2n) is 5.46. The molecule has 0 aromatic carbocycles. The smallest absolute Gasteiger partial charge is 0.0853 e. The van der Waals surface area contributed by atoms with E-state index in [0.717, 1.165) is 19.6 Å². The molecule has 3 unspecified atom stereocenters. The Kier molecular flexibility index (Phi) is 3.65. The Balaban J connectivity index is 1.84. The lowest BCUT2D eigenvalue weighted by Crippen LogP contribution is -2.53. The predicted octanol–water partition coefficient (Wildman–Crippen LogP) is 1.22. The molecule has 2 heterocycles. The van der Waals surface area contributed by atoms with Crippen LogP contribution in [0, 0.1) is 5.92 Å². The van der Waals surface area contributed by atoms with Gasteiger partial charge in [0.25, 0.3) is 0 Å². The van der Waals surface area contributed by atoms with Crippen molar-refractivity contribution in [3.8, 4) is 0 Å². The summed E-state index contributed by atoms with van der Waals surface area (Å²) in [5.41, 5.74) is 6.18. The molecule has 3 atom stereocenters. The lowest BCUT2D eigenvalue weighted by Gasteiger charge is -2.38. The molecule has 2 fully saturated rings. The SMILES string of the molecule is CC(C)CC(N)C1CN2CCCC2CO1. The molecule has 3 heteroatoms. The summed E-state index contributed by atoms with van der Waals surface area (Å²) in [6.45, 7) is 7.65. The van der Waals surface area contributed by atoms with Crippen LogP contribution in [-0.2, 0) is 4.74 Å². The van der Waals surface area contributed by atoms with E-state index in [-0.39, 0.29) is 12.1 Å². The van der Waals surface area contributed by atoms with Gasteiger partial charge in [-0.1, -0.05) is 13.8 Å². The van der Waals surface area contributed by atoms with Gasteiger partial charge in [-0.05, 0) is 31.7 Å². The number of ether oxygens (including phenoxy) is 1. The average Bonchev–Trinajstić information content (AvgIpc) is 2.62. The van der Waals surface area contributed by atoms with E-state index < -0.39 is 0 Å². The van der Waals surface area contributed by atoms with Gasteiger partial charge in [0.2, 0.25) is 0 Å². The van der Waals surface area contributed by atoms with Crippen molar-refractivity contribution < 1.29 is 4.74 Å². The summed E-state index contributed by atoms with van der Waals surface area (Å²) in [5.74, 6) is 0.667. The van der Waals surface area contributed by atoms with E-state index in [1.807, 2.05) is 0 Å². The van der Waals surface area contributed by atoms with Crippen LogP contribution in [0.15, 0.2) is 0 Å². The van der Waals surface area contributed by atoms with E-state index in [1.165, 1.54) is 19.4 Å². The summed E-state index contributed by atoms with van der Waals surface area (Å²) < 4.78 is 5.89. The van der Waals surface area contributed by atoms with Crippen LogP contribution in [0.25, 0.3) is 0 Å². The van der Waals surface area contributed by atoms with Gasteiger partial charge in [-0.2, -0.15) is 0 Å². The van der Waals surface area contributed by atoms with E-state index in [2.05, 4.69) is 18.7 Å². The van der Waals surface area contributed by atoms with Gasteiger partial charge in [0.05, 0.1) is 12.7 Å². The van der Waals surface area contributed by atoms with Gasteiger partial charge in [0.15, 0.2) is 0 Å². The van der Waals surface area contributed by atoms with Gasteiger partial charge in [-0.25, -0.2) is 0 Å². The lowest BCUT2D eigenvalue weighted by molar-refractivity contribution is -0.0613. The maximum atomic E-state index is 6.18. The Bertz CT molecular complexity index is 208. The highest BCUT2D eigenvalue weighted by atomic mass is 16.5. The number of nitrogens with zero attached hydrogens (tertiary/aromatic N) is 1. The minimum Gasteiger partial charge on any atom is -0.374 e. The molecule has 0 spiro atoms. The molecule has 0 aromatic heterocycles. The molecule has 2 rings (SSSR count). The molecule has 15 heavy (non-hydrogen) atoms. The number of hydrogen-bond donors (Lipinski definition) is 1. The highest BCUT2D eigenvalue weighted by Gasteiger charge is 2.34. The van der Waals surface area contributed by atoms with Crippen molar-refractivity contribution >= 4 is 0 Å². The molecule has 0 aromatic rings. The first-order valence-corrected chi connectivity index (χ1v) is 6.28. The lowest BCUT2D eigenvalue weighted by atomic mass is 9.98. The zero-order valence-electron chi connectivity index (χ0n) is 9.98. The maximum absolute atomic E-state index is 6.18. The molecule has 0 aliphatic carbocycles. The molecule has 0 saturated carbocycles. The largest absolute Gasteiger partial charge is 0.374 e. The third-order valence-electron chi connectivity index (χ3n) is 3.64. The first-order valence-electron chi connectivity index (χ1n) is 6.28. The van der Waals surface area contributed by atoms with Crippen molar-refractivity contribution in [3.05, 3.63) is 0 Å². The normalized spacial score (nSPS) is 34.4.